The first-order valence-corrected chi connectivity index (χ1v) is 3.93. The van der Waals surface area contributed by atoms with Gasteiger partial charge in [-0.1, -0.05) is 12.1 Å². The number of benzene rings is 1. The molecule has 0 aliphatic heterocycles. The normalized spacial score (nSPS) is 10.9. The molecule has 2 heteroatoms. The molecule has 2 rings (SSSR count). The fourth-order valence-corrected chi connectivity index (χ4v) is 1.41. The van der Waals surface area contributed by atoms with E-state index in [0.29, 0.717) is 11.1 Å². The lowest BCUT2D eigenvalue weighted by Crippen LogP contribution is -1.82. The van der Waals surface area contributed by atoms with Gasteiger partial charge in [-0.2, -0.15) is 0 Å². The van der Waals surface area contributed by atoms with Gasteiger partial charge in [-0.3, -0.25) is 0 Å². The molecule has 0 fully saturated rings. The second-order valence-electron chi connectivity index (χ2n) is 3.11. The fourth-order valence-electron chi connectivity index (χ4n) is 1.41. The van der Waals surface area contributed by atoms with Gasteiger partial charge >= 0.3 is 0 Å². The number of rotatable bonds is 0. The molecule has 2 aromatic rings. The van der Waals surface area contributed by atoms with E-state index in [1.54, 1.807) is 13.0 Å². The Hall–Kier alpha value is -1.31. The van der Waals surface area contributed by atoms with E-state index < -0.39 is 0 Å². The molecule has 0 atom stereocenters. The quantitative estimate of drug-likeness (QED) is 0.614. The molecule has 1 aromatic carbocycles. The van der Waals surface area contributed by atoms with E-state index in [1.165, 1.54) is 0 Å². The maximum absolute atomic E-state index is 13.4. The van der Waals surface area contributed by atoms with E-state index in [4.69, 9.17) is 0 Å². The van der Waals surface area contributed by atoms with Gasteiger partial charge in [-0.05, 0) is 25.5 Å². The molecule has 12 heavy (non-hydrogen) atoms. The van der Waals surface area contributed by atoms with Gasteiger partial charge in [-0.15, -0.1) is 0 Å². The van der Waals surface area contributed by atoms with Gasteiger partial charge in [0.1, 0.15) is 5.82 Å². The number of H-pyrrole nitrogens is 1. The monoisotopic (exact) mass is 163 g/mol. The van der Waals surface area contributed by atoms with Gasteiger partial charge in [0.2, 0.25) is 0 Å². The van der Waals surface area contributed by atoms with Crippen molar-refractivity contribution in [3.8, 4) is 0 Å². The van der Waals surface area contributed by atoms with Crippen molar-refractivity contribution in [2.75, 3.05) is 0 Å². The van der Waals surface area contributed by atoms with Crippen LogP contribution in [-0.2, 0) is 0 Å². The summed E-state index contributed by atoms with van der Waals surface area (Å²) in [6, 6.07) is 5.67. The molecule has 0 unspecified atom stereocenters. The molecule has 1 heterocycles. The second kappa shape index (κ2) is 2.34. The van der Waals surface area contributed by atoms with Gasteiger partial charge in [0.25, 0.3) is 0 Å². The number of hydrogen-bond donors (Lipinski definition) is 1. The number of aromatic nitrogens is 1. The highest BCUT2D eigenvalue weighted by Gasteiger charge is 2.05. The smallest absolute Gasteiger partial charge is 0.150 e. The molecule has 0 aliphatic rings. The topological polar surface area (TPSA) is 15.8 Å². The van der Waals surface area contributed by atoms with Crippen LogP contribution in [0.4, 0.5) is 4.39 Å². The van der Waals surface area contributed by atoms with E-state index in [1.807, 2.05) is 19.1 Å². The number of hydrogen-bond acceptors (Lipinski definition) is 0. The Morgan fingerprint density at radius 3 is 2.75 bits per heavy atom. The summed E-state index contributed by atoms with van der Waals surface area (Å²) in [5.74, 6) is -0.138. The van der Waals surface area contributed by atoms with Crippen molar-refractivity contribution < 1.29 is 4.39 Å². The Morgan fingerprint density at radius 1 is 1.25 bits per heavy atom. The average molecular weight is 163 g/mol. The van der Waals surface area contributed by atoms with Gasteiger partial charge in [0.15, 0.2) is 0 Å². The van der Waals surface area contributed by atoms with Crippen LogP contribution in [0.1, 0.15) is 11.3 Å². The zero-order valence-electron chi connectivity index (χ0n) is 7.11. The lowest BCUT2D eigenvalue weighted by Gasteiger charge is -1.95. The van der Waals surface area contributed by atoms with Crippen LogP contribution < -0.4 is 0 Å². The summed E-state index contributed by atoms with van der Waals surface area (Å²) in [4.78, 5) is 2.99. The standard InChI is InChI=1S/C10H10FN/c1-6-3-4-8-5-7(2)12-10(8)9(6)11/h3-5,12H,1-2H3. The van der Waals surface area contributed by atoms with Crippen LogP contribution in [0.15, 0.2) is 18.2 Å². The molecule has 0 amide bonds. The minimum absolute atomic E-state index is 0.138. The molecule has 0 aliphatic carbocycles. The van der Waals surface area contributed by atoms with Crippen LogP contribution in [0, 0.1) is 19.7 Å². The van der Waals surface area contributed by atoms with Crippen LogP contribution in [0.2, 0.25) is 0 Å². The minimum Gasteiger partial charge on any atom is -0.356 e. The fraction of sp³-hybridized carbons (Fsp3) is 0.200. The molecule has 1 nitrogen and oxygen atoms in total. The summed E-state index contributed by atoms with van der Waals surface area (Å²) in [7, 11) is 0. The SMILES string of the molecule is Cc1cc2ccc(C)c(F)c2[nH]1. The van der Waals surface area contributed by atoms with Crippen molar-refractivity contribution >= 4 is 10.9 Å². The molecule has 62 valence electrons. The first-order chi connectivity index (χ1) is 5.68. The average Bonchev–Trinajstić information content (AvgIpc) is 2.39. The van der Waals surface area contributed by atoms with Crippen molar-refractivity contribution in [1.29, 1.82) is 0 Å². The Balaban J connectivity index is 2.89. The minimum atomic E-state index is -0.138. The van der Waals surface area contributed by atoms with Gasteiger partial charge < -0.3 is 4.98 Å². The number of halogens is 1. The van der Waals surface area contributed by atoms with E-state index in [9.17, 15) is 4.39 Å². The highest BCUT2D eigenvalue weighted by atomic mass is 19.1. The molecule has 0 saturated heterocycles. The van der Waals surface area contributed by atoms with E-state index in [-0.39, 0.29) is 5.82 Å². The predicted octanol–water partition coefficient (Wildman–Crippen LogP) is 2.92. The Kier molecular flexibility index (Phi) is 1.43. The molecular weight excluding hydrogens is 153 g/mol. The zero-order valence-corrected chi connectivity index (χ0v) is 7.11. The van der Waals surface area contributed by atoms with Crippen LogP contribution in [0.25, 0.3) is 10.9 Å². The maximum atomic E-state index is 13.4. The summed E-state index contributed by atoms with van der Waals surface area (Å²) in [5.41, 5.74) is 2.30. The first-order valence-electron chi connectivity index (χ1n) is 3.93. The van der Waals surface area contributed by atoms with Crippen LogP contribution in [-0.4, -0.2) is 4.98 Å². The van der Waals surface area contributed by atoms with Crippen LogP contribution in [0.3, 0.4) is 0 Å². The van der Waals surface area contributed by atoms with Crippen molar-refractivity contribution in [2.24, 2.45) is 0 Å². The molecule has 0 bridgehead atoms. The number of aromatic amines is 1. The van der Waals surface area contributed by atoms with Crippen molar-refractivity contribution in [2.45, 2.75) is 13.8 Å². The lowest BCUT2D eigenvalue weighted by atomic mass is 10.2. The Morgan fingerprint density at radius 2 is 2.00 bits per heavy atom. The molecule has 1 N–H and O–H groups in total. The summed E-state index contributed by atoms with van der Waals surface area (Å²) in [5, 5.41) is 0.940. The Labute approximate surface area is 70.2 Å². The molecule has 0 saturated carbocycles. The molecular formula is C10H10FN. The van der Waals surface area contributed by atoms with E-state index in [0.717, 1.165) is 11.1 Å². The first kappa shape index (κ1) is 7.35. The van der Waals surface area contributed by atoms with Crippen molar-refractivity contribution in [1.82, 2.24) is 4.98 Å². The van der Waals surface area contributed by atoms with Crippen LogP contribution in [0.5, 0.6) is 0 Å². The number of aryl methyl sites for hydroxylation is 2. The zero-order chi connectivity index (χ0) is 8.72. The largest absolute Gasteiger partial charge is 0.356 e. The van der Waals surface area contributed by atoms with Crippen LogP contribution >= 0.6 is 0 Å². The highest BCUT2D eigenvalue weighted by molar-refractivity contribution is 5.81. The Bertz CT molecular complexity index is 429. The molecule has 0 radical (unpaired) electrons. The third-order valence-corrected chi connectivity index (χ3v) is 2.06. The third-order valence-electron chi connectivity index (χ3n) is 2.06. The van der Waals surface area contributed by atoms with E-state index in [2.05, 4.69) is 4.98 Å². The third kappa shape index (κ3) is 0.916. The number of nitrogens with one attached hydrogen (secondary N) is 1. The molecule has 0 spiro atoms. The summed E-state index contributed by atoms with van der Waals surface area (Å²) >= 11 is 0. The summed E-state index contributed by atoms with van der Waals surface area (Å²) in [6.45, 7) is 3.69. The second-order valence-corrected chi connectivity index (χ2v) is 3.11. The van der Waals surface area contributed by atoms with Gasteiger partial charge in [0, 0.05) is 11.1 Å². The highest BCUT2D eigenvalue weighted by Crippen LogP contribution is 2.20. The van der Waals surface area contributed by atoms with E-state index >= 15 is 0 Å². The van der Waals surface area contributed by atoms with Crippen molar-refractivity contribution in [3.05, 3.63) is 35.3 Å². The number of fused-ring (bicyclic) bond motifs is 1. The van der Waals surface area contributed by atoms with Gasteiger partial charge in [0.05, 0.1) is 5.52 Å². The van der Waals surface area contributed by atoms with Crippen molar-refractivity contribution in [3.63, 3.8) is 0 Å². The predicted molar refractivity (Wildman–Crippen MR) is 47.7 cm³/mol. The van der Waals surface area contributed by atoms with Gasteiger partial charge in [-0.25, -0.2) is 4.39 Å². The molecule has 1 aromatic heterocycles. The summed E-state index contributed by atoms with van der Waals surface area (Å²) < 4.78 is 13.4. The lowest BCUT2D eigenvalue weighted by molar-refractivity contribution is 0.628. The summed E-state index contributed by atoms with van der Waals surface area (Å²) in [6.07, 6.45) is 0. The maximum Gasteiger partial charge on any atom is 0.150 e.